The summed E-state index contributed by atoms with van der Waals surface area (Å²) in [6, 6.07) is 12.7. The topological polar surface area (TPSA) is 59.1 Å². The zero-order chi connectivity index (χ0) is 21.8. The van der Waals surface area contributed by atoms with Gasteiger partial charge in [-0.2, -0.15) is 0 Å². The number of ether oxygens (including phenoxy) is 2. The van der Waals surface area contributed by atoms with E-state index in [9.17, 15) is 9.59 Å². The van der Waals surface area contributed by atoms with Crippen LogP contribution in [-0.2, 0) is 11.4 Å². The zero-order valence-corrected chi connectivity index (χ0v) is 18.4. The van der Waals surface area contributed by atoms with E-state index in [0.29, 0.717) is 54.9 Å². The Morgan fingerprint density at radius 2 is 1.71 bits per heavy atom. The SMILES string of the molecule is COc1cc(C(=O)N2CCN(C(=O)C3CCC3)CC2)ccc1OCc1ccccc1Cl. The Morgan fingerprint density at radius 3 is 2.35 bits per heavy atom. The molecule has 164 valence electrons. The highest BCUT2D eigenvalue weighted by Crippen LogP contribution is 2.31. The first kappa shape index (κ1) is 21.5. The standard InChI is InChI=1S/C24H27ClN2O4/c1-30-22-15-18(9-10-21(22)31-16-19-5-2-3-8-20(19)25)24(29)27-13-11-26(12-14-27)23(28)17-6-4-7-17/h2-3,5,8-10,15,17H,4,6-7,11-14,16H2,1H3. The van der Waals surface area contributed by atoms with Crippen LogP contribution in [0.5, 0.6) is 11.5 Å². The second kappa shape index (κ2) is 9.60. The maximum Gasteiger partial charge on any atom is 0.254 e. The minimum atomic E-state index is -0.0632. The molecule has 1 heterocycles. The number of benzene rings is 2. The van der Waals surface area contributed by atoms with E-state index < -0.39 is 0 Å². The summed E-state index contributed by atoms with van der Waals surface area (Å²) in [5.41, 5.74) is 1.42. The van der Waals surface area contributed by atoms with Crippen molar-refractivity contribution in [1.82, 2.24) is 9.80 Å². The van der Waals surface area contributed by atoms with Crippen molar-refractivity contribution >= 4 is 23.4 Å². The lowest BCUT2D eigenvalue weighted by Crippen LogP contribution is -2.52. The third kappa shape index (κ3) is 4.79. The predicted octanol–water partition coefficient (Wildman–Crippen LogP) is 4.01. The van der Waals surface area contributed by atoms with Crippen LogP contribution in [0, 0.1) is 5.92 Å². The molecule has 2 fully saturated rings. The first-order valence-corrected chi connectivity index (χ1v) is 11.1. The number of carbonyl (C=O) groups excluding carboxylic acids is 2. The van der Waals surface area contributed by atoms with E-state index in [1.165, 1.54) is 0 Å². The Kier molecular flexibility index (Phi) is 6.66. The number of methoxy groups -OCH3 is 1. The average Bonchev–Trinajstić information content (AvgIpc) is 2.77. The van der Waals surface area contributed by atoms with Gasteiger partial charge in [-0.15, -0.1) is 0 Å². The van der Waals surface area contributed by atoms with E-state index in [1.54, 1.807) is 30.2 Å². The largest absolute Gasteiger partial charge is 0.493 e. The molecule has 0 atom stereocenters. The van der Waals surface area contributed by atoms with Gasteiger partial charge in [0.1, 0.15) is 6.61 Å². The zero-order valence-electron chi connectivity index (χ0n) is 17.7. The second-order valence-corrected chi connectivity index (χ2v) is 8.40. The molecule has 2 aliphatic rings. The fourth-order valence-electron chi connectivity index (χ4n) is 3.92. The van der Waals surface area contributed by atoms with Crippen molar-refractivity contribution in [2.75, 3.05) is 33.3 Å². The number of piperazine rings is 1. The van der Waals surface area contributed by atoms with E-state index in [1.807, 2.05) is 29.2 Å². The lowest BCUT2D eigenvalue weighted by atomic mass is 9.84. The van der Waals surface area contributed by atoms with Gasteiger partial charge in [-0.05, 0) is 37.1 Å². The highest BCUT2D eigenvalue weighted by molar-refractivity contribution is 6.31. The average molecular weight is 443 g/mol. The summed E-state index contributed by atoms with van der Waals surface area (Å²) in [4.78, 5) is 29.1. The summed E-state index contributed by atoms with van der Waals surface area (Å²) in [6.07, 6.45) is 3.15. The van der Waals surface area contributed by atoms with Crippen LogP contribution in [0.1, 0.15) is 35.2 Å². The fourth-order valence-corrected chi connectivity index (χ4v) is 4.11. The molecule has 0 bridgehead atoms. The number of rotatable bonds is 6. The van der Waals surface area contributed by atoms with Crippen molar-refractivity contribution in [3.05, 3.63) is 58.6 Å². The lowest BCUT2D eigenvalue weighted by molar-refractivity contribution is -0.139. The van der Waals surface area contributed by atoms with Gasteiger partial charge in [-0.1, -0.05) is 36.2 Å². The fraction of sp³-hybridized carbons (Fsp3) is 0.417. The van der Waals surface area contributed by atoms with Crippen LogP contribution < -0.4 is 9.47 Å². The molecule has 1 saturated heterocycles. The Balaban J connectivity index is 1.37. The molecular formula is C24H27ClN2O4. The van der Waals surface area contributed by atoms with Gasteiger partial charge in [-0.25, -0.2) is 0 Å². The minimum Gasteiger partial charge on any atom is -0.493 e. The van der Waals surface area contributed by atoms with Crippen LogP contribution in [0.25, 0.3) is 0 Å². The Hall–Kier alpha value is -2.73. The van der Waals surface area contributed by atoms with Crippen LogP contribution in [0.3, 0.4) is 0 Å². The molecule has 1 saturated carbocycles. The smallest absolute Gasteiger partial charge is 0.254 e. The Labute approximate surface area is 187 Å². The maximum absolute atomic E-state index is 13.0. The third-order valence-corrected chi connectivity index (χ3v) is 6.45. The molecule has 6 nitrogen and oxygen atoms in total. The highest BCUT2D eigenvalue weighted by atomic mass is 35.5. The molecule has 0 N–H and O–H groups in total. The molecule has 7 heteroatoms. The van der Waals surface area contributed by atoms with Gasteiger partial charge in [0, 0.05) is 48.2 Å². The molecule has 0 aromatic heterocycles. The summed E-state index contributed by atoms with van der Waals surface area (Å²) in [5, 5.41) is 0.642. The van der Waals surface area contributed by atoms with E-state index in [4.69, 9.17) is 21.1 Å². The molecule has 31 heavy (non-hydrogen) atoms. The van der Waals surface area contributed by atoms with Crippen molar-refractivity contribution in [2.24, 2.45) is 5.92 Å². The molecule has 2 amide bonds. The van der Waals surface area contributed by atoms with Gasteiger partial charge >= 0.3 is 0 Å². The van der Waals surface area contributed by atoms with Gasteiger partial charge in [0.15, 0.2) is 11.5 Å². The van der Waals surface area contributed by atoms with E-state index in [2.05, 4.69) is 0 Å². The first-order chi connectivity index (χ1) is 15.1. The Morgan fingerprint density at radius 1 is 1.00 bits per heavy atom. The van der Waals surface area contributed by atoms with Crippen molar-refractivity contribution < 1.29 is 19.1 Å². The van der Waals surface area contributed by atoms with E-state index >= 15 is 0 Å². The van der Waals surface area contributed by atoms with Crippen molar-refractivity contribution in [1.29, 1.82) is 0 Å². The van der Waals surface area contributed by atoms with Crippen LogP contribution >= 0.6 is 11.6 Å². The third-order valence-electron chi connectivity index (χ3n) is 6.08. The van der Waals surface area contributed by atoms with Gasteiger partial charge in [0.2, 0.25) is 5.91 Å². The lowest BCUT2D eigenvalue weighted by Gasteiger charge is -2.38. The summed E-state index contributed by atoms with van der Waals surface area (Å²) in [7, 11) is 1.55. The number of halogens is 1. The van der Waals surface area contributed by atoms with Crippen LogP contribution in [0.2, 0.25) is 5.02 Å². The summed E-state index contributed by atoms with van der Waals surface area (Å²) in [6.45, 7) is 2.59. The summed E-state index contributed by atoms with van der Waals surface area (Å²) in [5.74, 6) is 1.43. The van der Waals surface area contributed by atoms with Crippen molar-refractivity contribution in [3.8, 4) is 11.5 Å². The molecule has 2 aromatic rings. The number of carbonyl (C=O) groups is 2. The first-order valence-electron chi connectivity index (χ1n) is 10.7. The van der Waals surface area contributed by atoms with E-state index in [-0.39, 0.29) is 17.7 Å². The van der Waals surface area contributed by atoms with E-state index in [0.717, 1.165) is 24.8 Å². The van der Waals surface area contributed by atoms with Gasteiger partial charge in [-0.3, -0.25) is 9.59 Å². The normalized spacial score (nSPS) is 16.6. The van der Waals surface area contributed by atoms with Crippen LogP contribution in [0.15, 0.2) is 42.5 Å². The minimum absolute atomic E-state index is 0.0632. The van der Waals surface area contributed by atoms with Gasteiger partial charge in [0.25, 0.3) is 5.91 Å². The molecule has 0 spiro atoms. The van der Waals surface area contributed by atoms with Crippen molar-refractivity contribution in [3.63, 3.8) is 0 Å². The summed E-state index contributed by atoms with van der Waals surface area (Å²) >= 11 is 6.19. The number of hydrogen-bond donors (Lipinski definition) is 0. The highest BCUT2D eigenvalue weighted by Gasteiger charge is 2.32. The molecule has 0 unspecified atom stereocenters. The Bertz CT molecular complexity index is 952. The number of amides is 2. The molecule has 1 aliphatic carbocycles. The molecular weight excluding hydrogens is 416 g/mol. The van der Waals surface area contributed by atoms with Gasteiger partial charge in [0.05, 0.1) is 7.11 Å². The number of nitrogens with zero attached hydrogens (tertiary/aromatic N) is 2. The molecule has 4 rings (SSSR count). The van der Waals surface area contributed by atoms with Crippen molar-refractivity contribution in [2.45, 2.75) is 25.9 Å². The second-order valence-electron chi connectivity index (χ2n) is 7.99. The number of hydrogen-bond acceptors (Lipinski definition) is 4. The van der Waals surface area contributed by atoms with Crippen LogP contribution in [0.4, 0.5) is 0 Å². The molecule has 1 aliphatic heterocycles. The molecule has 0 radical (unpaired) electrons. The monoisotopic (exact) mass is 442 g/mol. The quantitative estimate of drug-likeness (QED) is 0.678. The van der Waals surface area contributed by atoms with Gasteiger partial charge < -0.3 is 19.3 Å². The molecule has 2 aromatic carbocycles. The van der Waals surface area contributed by atoms with Crippen LogP contribution in [-0.4, -0.2) is 54.9 Å². The summed E-state index contributed by atoms with van der Waals surface area (Å²) < 4.78 is 11.3. The maximum atomic E-state index is 13.0. The predicted molar refractivity (Wildman–Crippen MR) is 119 cm³/mol.